The van der Waals surface area contributed by atoms with Crippen molar-refractivity contribution in [1.82, 2.24) is 21.3 Å². The van der Waals surface area contributed by atoms with Crippen LogP contribution in [0.5, 0.6) is 5.75 Å². The number of hydrogen-bond donors (Lipinski definition) is 7. The molecule has 0 aliphatic rings. The fourth-order valence-electron chi connectivity index (χ4n) is 14.0. The van der Waals surface area contributed by atoms with Gasteiger partial charge in [-0.15, -0.1) is 0 Å². The van der Waals surface area contributed by atoms with Crippen molar-refractivity contribution in [2.45, 2.75) is 419 Å². The second kappa shape index (κ2) is 81.5. The second-order valence-corrected chi connectivity index (χ2v) is 35.6. The molecule has 0 radical (unpaired) electrons. The number of benzene rings is 1. The molecule has 120 heavy (non-hydrogen) atoms. The van der Waals surface area contributed by atoms with Crippen molar-refractivity contribution in [3.63, 3.8) is 0 Å². The molecule has 6 unspecified atom stereocenters. The van der Waals surface area contributed by atoms with Crippen molar-refractivity contribution in [3.8, 4) is 5.75 Å². The van der Waals surface area contributed by atoms with E-state index in [1.165, 1.54) is 141 Å². The monoisotopic (exact) mass is 1740 g/mol. The molecule has 4 amide bonds. The summed E-state index contributed by atoms with van der Waals surface area (Å²) in [5, 5.41) is 11.1. The lowest BCUT2D eigenvalue weighted by atomic mass is 9.97. The van der Waals surface area contributed by atoms with Gasteiger partial charge in [-0.2, -0.15) is 0 Å². The number of allylic oxidation sites excluding steroid dienone is 4. The van der Waals surface area contributed by atoms with E-state index in [-0.39, 0.29) is 108 Å². The molecular formula is C94H173N5O19P2. The van der Waals surface area contributed by atoms with E-state index in [1.807, 2.05) is 0 Å². The average molecular weight is 1740 g/mol. The predicted molar refractivity (Wildman–Crippen MR) is 485 cm³/mol. The Morgan fingerprint density at radius 1 is 0.375 bits per heavy atom. The van der Waals surface area contributed by atoms with Gasteiger partial charge in [-0.05, 0) is 114 Å². The number of phosphoric ester groups is 2. The predicted octanol–water partition coefficient (Wildman–Crippen LogP) is 21.8. The van der Waals surface area contributed by atoms with Crippen molar-refractivity contribution >= 4 is 51.2 Å². The summed E-state index contributed by atoms with van der Waals surface area (Å²) in [6.45, 7) is 11.3. The van der Waals surface area contributed by atoms with Crippen molar-refractivity contribution < 1.29 is 89.5 Å². The first-order valence-corrected chi connectivity index (χ1v) is 51.0. The molecule has 26 heteroatoms. The van der Waals surface area contributed by atoms with Crippen molar-refractivity contribution in [2.24, 2.45) is 11.7 Å². The topological polar surface area (TPSA) is 334 Å². The lowest BCUT2D eigenvalue weighted by molar-refractivity contribution is -0.151. The maximum atomic E-state index is 14.0. The van der Waals surface area contributed by atoms with Crippen LogP contribution in [0.15, 0.2) is 48.6 Å². The molecule has 1 aromatic rings. The lowest BCUT2D eigenvalue weighted by Crippen LogP contribution is -2.44. The molecule has 698 valence electrons. The zero-order valence-corrected chi connectivity index (χ0v) is 78.0. The van der Waals surface area contributed by atoms with Gasteiger partial charge in [0.05, 0.1) is 64.9 Å². The molecule has 0 spiro atoms. The van der Waals surface area contributed by atoms with Crippen LogP contribution in [0.4, 0.5) is 0 Å². The highest BCUT2D eigenvalue weighted by molar-refractivity contribution is 7.47. The van der Waals surface area contributed by atoms with E-state index < -0.39 is 71.9 Å². The lowest BCUT2D eigenvalue weighted by Gasteiger charge is -2.22. The zero-order valence-electron chi connectivity index (χ0n) is 76.2. The standard InChI is InChI=1S/C94H173N5O19P2/c1-7-13-19-25-29-33-35-39-41-47-53-59-89(100)98-83(78-110-72-67-86(57-51-45-23-17-11-5)117-91(102)61-55-49-43-37-31-27-21-15-9-3)80-115-119(106,107)113-75-70-96-93(104)88(77-82-63-65-85(66-64-82)112-74-69-95)94(105)97-71-76-114-120(108,109)116-81-84(99-90(101)60-54-48-42-40-36-34-30-26-20-14-8-2)79-111-73-68-87(58-52-46-24-18-12-6)118-92(103)62-56-50-44-38-32-28-22-16-10-4/h37-38,43-44,63-66,83-84,86-88H,7-36,39-42,45-62,67-81,95H2,1-6H3,(H,96,104)(H,97,105)(H,98,100)(H,99,101)(H,106,107)(H,108,109)/b43-37-,44-38-. The van der Waals surface area contributed by atoms with E-state index in [2.05, 4.69) is 87.1 Å². The minimum atomic E-state index is -4.84. The van der Waals surface area contributed by atoms with E-state index in [4.69, 9.17) is 47.5 Å². The summed E-state index contributed by atoms with van der Waals surface area (Å²) in [7, 11) is -9.68. The zero-order chi connectivity index (χ0) is 87.7. The summed E-state index contributed by atoms with van der Waals surface area (Å²) >= 11 is 0. The van der Waals surface area contributed by atoms with Crippen LogP contribution in [-0.4, -0.2) is 149 Å². The van der Waals surface area contributed by atoms with Crippen LogP contribution in [0.1, 0.15) is 394 Å². The third-order valence-corrected chi connectivity index (χ3v) is 23.2. The Balaban J connectivity index is 3.20. The number of carbonyl (C=O) groups is 6. The SMILES string of the molecule is CCCCCC/C=C\CCCC(=O)OC(CCCCCCC)CCOCC(COP(=O)(O)OCCNC(=O)C(Cc1ccc(OCCN)cc1)C(=O)NCCOP(=O)(O)OCC(COCCC(CCCCCCC)OC(=O)CCC/C=C\CCCCCC)NC(=O)CCCCCCCCCCCCC)NC(=O)CCCCCCCCCCCCC. The van der Waals surface area contributed by atoms with Gasteiger partial charge in [-0.1, -0.05) is 296 Å². The molecule has 6 atom stereocenters. The molecule has 8 N–H and O–H groups in total. The smallest absolute Gasteiger partial charge is 0.472 e. The highest BCUT2D eigenvalue weighted by Gasteiger charge is 2.31. The molecule has 24 nitrogen and oxygen atoms in total. The van der Waals surface area contributed by atoms with Crippen molar-refractivity contribution in [1.29, 1.82) is 0 Å². The van der Waals surface area contributed by atoms with E-state index in [0.29, 0.717) is 75.5 Å². The number of esters is 2. The molecule has 0 bridgehead atoms. The van der Waals surface area contributed by atoms with E-state index >= 15 is 0 Å². The first kappa shape index (κ1) is 113. The minimum Gasteiger partial charge on any atom is -0.492 e. The number of nitrogens with one attached hydrogen (secondary N) is 4. The number of unbranched alkanes of at least 4 members (excludes halogenated alkanes) is 38. The fourth-order valence-corrected chi connectivity index (χ4v) is 15.5. The van der Waals surface area contributed by atoms with Crippen LogP contribution in [0.25, 0.3) is 0 Å². The highest BCUT2D eigenvalue weighted by Crippen LogP contribution is 2.44. The third-order valence-electron chi connectivity index (χ3n) is 21.3. The van der Waals surface area contributed by atoms with Gasteiger partial charge in [-0.3, -0.25) is 46.9 Å². The maximum Gasteiger partial charge on any atom is 0.472 e. The largest absolute Gasteiger partial charge is 0.492 e. The first-order valence-electron chi connectivity index (χ1n) is 48.0. The van der Waals surface area contributed by atoms with Crippen LogP contribution >= 0.6 is 15.6 Å². The molecular weight excluding hydrogens is 1560 g/mol. The third kappa shape index (κ3) is 71.7. The van der Waals surface area contributed by atoms with Crippen LogP contribution in [-0.2, 0) is 81.4 Å². The van der Waals surface area contributed by atoms with Gasteiger partial charge in [0.2, 0.25) is 23.6 Å². The summed E-state index contributed by atoms with van der Waals surface area (Å²) in [5.41, 5.74) is 6.22. The second-order valence-electron chi connectivity index (χ2n) is 32.7. The molecule has 0 aliphatic heterocycles. The number of rotatable bonds is 89. The Kier molecular flexibility index (Phi) is 77.0. The quantitative estimate of drug-likeness (QED) is 0.0105. The molecule has 1 aromatic carbocycles. The molecule has 0 saturated carbocycles. The number of amides is 4. The number of hydrogen-bond acceptors (Lipinski definition) is 18. The van der Waals surface area contributed by atoms with Crippen LogP contribution < -0.4 is 31.7 Å². The average Bonchev–Trinajstić information content (AvgIpc) is 0.873. The highest BCUT2D eigenvalue weighted by atomic mass is 31.2. The van der Waals surface area contributed by atoms with Crippen molar-refractivity contribution in [3.05, 3.63) is 54.1 Å². The fraction of sp³-hybridized carbons (Fsp3) is 0.830. The summed E-state index contributed by atoms with van der Waals surface area (Å²) in [6.07, 6.45) is 61.2. The Bertz CT molecular complexity index is 2630. The van der Waals surface area contributed by atoms with Gasteiger partial charge in [0.15, 0.2) is 0 Å². The number of phosphoric acid groups is 2. The first-order chi connectivity index (χ1) is 58.3. The maximum absolute atomic E-state index is 14.0. The summed E-state index contributed by atoms with van der Waals surface area (Å²) < 4.78 is 78.6. The molecule has 0 aromatic heterocycles. The number of carbonyl (C=O) groups excluding carboxylic acids is 6. The molecule has 0 saturated heterocycles. The Hall–Kier alpha value is -4.58. The molecule has 0 heterocycles. The van der Waals surface area contributed by atoms with Gasteiger partial charge < -0.3 is 60.5 Å². The Labute approximate surface area is 727 Å². The minimum absolute atomic E-state index is 0.0764. The van der Waals surface area contributed by atoms with Crippen LogP contribution in [0, 0.1) is 5.92 Å². The molecule has 1 rings (SSSR count). The van der Waals surface area contributed by atoms with Gasteiger partial charge >= 0.3 is 27.6 Å². The Morgan fingerprint density at radius 2 is 0.700 bits per heavy atom. The summed E-state index contributed by atoms with van der Waals surface area (Å²) in [6, 6.07) is 5.01. The molecule has 0 aliphatic carbocycles. The van der Waals surface area contributed by atoms with E-state index in [1.54, 1.807) is 24.3 Å². The van der Waals surface area contributed by atoms with Crippen molar-refractivity contribution in [2.75, 3.05) is 79.1 Å². The molecule has 0 fully saturated rings. The van der Waals surface area contributed by atoms with Gasteiger partial charge in [-0.25, -0.2) is 9.13 Å². The summed E-state index contributed by atoms with van der Waals surface area (Å²) in [4.78, 5) is 103. The van der Waals surface area contributed by atoms with E-state index in [9.17, 15) is 47.7 Å². The van der Waals surface area contributed by atoms with Gasteiger partial charge in [0.25, 0.3) is 0 Å². The Morgan fingerprint density at radius 3 is 1.05 bits per heavy atom. The van der Waals surface area contributed by atoms with Crippen LogP contribution in [0.3, 0.4) is 0 Å². The van der Waals surface area contributed by atoms with Gasteiger partial charge in [0, 0.05) is 58.2 Å². The normalized spacial score (nSPS) is 14.0. The van der Waals surface area contributed by atoms with Gasteiger partial charge in [0.1, 0.15) is 30.5 Å². The number of nitrogens with two attached hydrogens (primary N) is 1. The van der Waals surface area contributed by atoms with E-state index in [0.717, 1.165) is 128 Å². The number of ether oxygens (including phenoxy) is 5. The summed E-state index contributed by atoms with van der Waals surface area (Å²) in [5.74, 6) is -3.43. The van der Waals surface area contributed by atoms with Crippen LogP contribution in [0.2, 0.25) is 0 Å².